The number of hydrogen-bond acceptors (Lipinski definition) is 3. The maximum Gasteiger partial charge on any atom is 0.0613 e. The van der Waals surface area contributed by atoms with Crippen LogP contribution < -0.4 is 5.32 Å². The van der Waals surface area contributed by atoms with Gasteiger partial charge in [0, 0.05) is 18.1 Å². The zero-order valence-electron chi connectivity index (χ0n) is 12.0. The Morgan fingerprint density at radius 2 is 2.12 bits per heavy atom. The minimum atomic E-state index is -0.0101. The summed E-state index contributed by atoms with van der Waals surface area (Å²) in [6, 6.07) is 0.647. The first-order valence-corrected chi connectivity index (χ1v) is 7.16. The second kappa shape index (κ2) is 6.72. The molecule has 0 radical (unpaired) electrons. The lowest BCUT2D eigenvalue weighted by Gasteiger charge is -2.32. The summed E-state index contributed by atoms with van der Waals surface area (Å²) in [5.41, 5.74) is -0.0101. The Hall–Kier alpha value is -0.120. The fourth-order valence-corrected chi connectivity index (χ4v) is 3.15. The third-order valence-electron chi connectivity index (χ3n) is 3.96. The van der Waals surface area contributed by atoms with Crippen LogP contribution in [-0.2, 0) is 0 Å². The average Bonchev–Trinajstić information content (AvgIpc) is 2.71. The third kappa shape index (κ3) is 3.94. The first-order chi connectivity index (χ1) is 8.06. The summed E-state index contributed by atoms with van der Waals surface area (Å²) in [5.74, 6) is 0.721. The minimum Gasteiger partial charge on any atom is -0.394 e. The van der Waals surface area contributed by atoms with E-state index in [1.54, 1.807) is 0 Å². The van der Waals surface area contributed by atoms with Crippen molar-refractivity contribution >= 4 is 0 Å². The van der Waals surface area contributed by atoms with Crippen LogP contribution in [0.2, 0.25) is 0 Å². The highest BCUT2D eigenvalue weighted by atomic mass is 16.3. The van der Waals surface area contributed by atoms with Gasteiger partial charge in [0.2, 0.25) is 0 Å². The predicted molar refractivity (Wildman–Crippen MR) is 73.2 cm³/mol. The highest BCUT2D eigenvalue weighted by molar-refractivity contribution is 4.99. The second-order valence-corrected chi connectivity index (χ2v) is 5.85. The zero-order valence-corrected chi connectivity index (χ0v) is 12.0. The van der Waals surface area contributed by atoms with E-state index in [9.17, 15) is 5.11 Å². The molecule has 0 aromatic heterocycles. The molecule has 0 bridgehead atoms. The fourth-order valence-electron chi connectivity index (χ4n) is 3.15. The van der Waals surface area contributed by atoms with Crippen LogP contribution in [-0.4, -0.2) is 47.8 Å². The third-order valence-corrected chi connectivity index (χ3v) is 3.96. The van der Waals surface area contributed by atoms with Crippen molar-refractivity contribution in [3.05, 3.63) is 0 Å². The monoisotopic (exact) mass is 242 g/mol. The summed E-state index contributed by atoms with van der Waals surface area (Å²) < 4.78 is 0. The van der Waals surface area contributed by atoms with Crippen LogP contribution >= 0.6 is 0 Å². The molecule has 1 aliphatic carbocycles. The van der Waals surface area contributed by atoms with Gasteiger partial charge in [-0.3, -0.25) is 0 Å². The molecule has 1 fully saturated rings. The van der Waals surface area contributed by atoms with Gasteiger partial charge in [-0.25, -0.2) is 0 Å². The lowest BCUT2D eigenvalue weighted by Crippen LogP contribution is -2.48. The number of likely N-dealkylation sites (N-methyl/N-ethyl adjacent to an activating group) is 1. The van der Waals surface area contributed by atoms with Crippen LogP contribution in [0, 0.1) is 5.92 Å². The molecule has 0 saturated heterocycles. The number of nitrogens with zero attached hydrogens (tertiary/aromatic N) is 1. The Morgan fingerprint density at radius 1 is 1.41 bits per heavy atom. The molecule has 1 aliphatic rings. The molecular formula is C14H30N2O. The quantitative estimate of drug-likeness (QED) is 0.715. The van der Waals surface area contributed by atoms with E-state index in [0.717, 1.165) is 31.8 Å². The van der Waals surface area contributed by atoms with E-state index in [1.165, 1.54) is 13.0 Å². The summed E-state index contributed by atoms with van der Waals surface area (Å²) in [5, 5.41) is 13.1. The van der Waals surface area contributed by atoms with Gasteiger partial charge in [-0.05, 0) is 38.3 Å². The Morgan fingerprint density at radius 3 is 2.59 bits per heavy atom. The Kier molecular flexibility index (Phi) is 5.90. The molecule has 0 heterocycles. The summed E-state index contributed by atoms with van der Waals surface area (Å²) in [7, 11) is 0. The number of aliphatic hydroxyl groups excluding tert-OH is 1. The zero-order chi connectivity index (χ0) is 12.9. The van der Waals surface area contributed by atoms with Crippen LogP contribution in [0.1, 0.15) is 47.0 Å². The van der Waals surface area contributed by atoms with Crippen LogP contribution in [0.5, 0.6) is 0 Å². The summed E-state index contributed by atoms with van der Waals surface area (Å²) in [4.78, 5) is 2.58. The molecule has 3 nitrogen and oxygen atoms in total. The van der Waals surface area contributed by atoms with Crippen molar-refractivity contribution in [2.24, 2.45) is 5.92 Å². The predicted octanol–water partition coefficient (Wildman–Crippen LogP) is 1.86. The van der Waals surface area contributed by atoms with E-state index in [4.69, 9.17) is 0 Å². The molecule has 3 heteroatoms. The van der Waals surface area contributed by atoms with Crippen molar-refractivity contribution < 1.29 is 5.11 Å². The van der Waals surface area contributed by atoms with E-state index in [-0.39, 0.29) is 12.1 Å². The van der Waals surface area contributed by atoms with E-state index in [0.29, 0.717) is 6.04 Å². The van der Waals surface area contributed by atoms with Crippen LogP contribution in [0.3, 0.4) is 0 Å². The normalized spacial score (nSPS) is 29.5. The Labute approximate surface area is 107 Å². The number of hydrogen-bond donors (Lipinski definition) is 2. The fraction of sp³-hybridized carbons (Fsp3) is 1.00. The first kappa shape index (κ1) is 14.9. The number of nitrogens with one attached hydrogen (secondary N) is 1. The number of aliphatic hydroxyl groups is 1. The minimum absolute atomic E-state index is 0.0101. The van der Waals surface area contributed by atoms with Crippen LogP contribution in [0.15, 0.2) is 0 Å². The molecule has 17 heavy (non-hydrogen) atoms. The largest absolute Gasteiger partial charge is 0.394 e. The molecule has 1 saturated carbocycles. The lowest BCUT2D eigenvalue weighted by atomic mass is 9.98. The van der Waals surface area contributed by atoms with Crippen molar-refractivity contribution in [2.45, 2.75) is 58.5 Å². The van der Waals surface area contributed by atoms with Crippen LogP contribution in [0.25, 0.3) is 0 Å². The number of rotatable bonds is 7. The molecule has 2 N–H and O–H groups in total. The molecule has 2 atom stereocenters. The van der Waals surface area contributed by atoms with E-state index < -0.39 is 0 Å². The van der Waals surface area contributed by atoms with Gasteiger partial charge in [0.05, 0.1) is 6.61 Å². The van der Waals surface area contributed by atoms with Gasteiger partial charge in [0.15, 0.2) is 0 Å². The van der Waals surface area contributed by atoms with Crippen molar-refractivity contribution in [3.63, 3.8) is 0 Å². The molecule has 0 spiro atoms. The average molecular weight is 242 g/mol. The Bertz CT molecular complexity index is 220. The maximum atomic E-state index is 9.62. The van der Waals surface area contributed by atoms with Gasteiger partial charge in [-0.1, -0.05) is 27.7 Å². The SMILES string of the molecule is CCNC1(CO)CCC(N(CC)CC(C)C)C1. The van der Waals surface area contributed by atoms with Crippen molar-refractivity contribution in [1.82, 2.24) is 10.2 Å². The van der Waals surface area contributed by atoms with Crippen molar-refractivity contribution in [3.8, 4) is 0 Å². The highest BCUT2D eigenvalue weighted by Crippen LogP contribution is 2.33. The highest BCUT2D eigenvalue weighted by Gasteiger charge is 2.39. The topological polar surface area (TPSA) is 35.5 Å². The first-order valence-electron chi connectivity index (χ1n) is 7.16. The van der Waals surface area contributed by atoms with Crippen LogP contribution in [0.4, 0.5) is 0 Å². The van der Waals surface area contributed by atoms with E-state index in [2.05, 4.69) is 37.9 Å². The van der Waals surface area contributed by atoms with Gasteiger partial charge >= 0.3 is 0 Å². The summed E-state index contributed by atoms with van der Waals surface area (Å²) in [6.07, 6.45) is 3.42. The lowest BCUT2D eigenvalue weighted by molar-refractivity contribution is 0.140. The molecule has 2 unspecified atom stereocenters. The molecule has 0 aliphatic heterocycles. The van der Waals surface area contributed by atoms with Gasteiger partial charge in [0.1, 0.15) is 0 Å². The van der Waals surface area contributed by atoms with Gasteiger partial charge in [-0.15, -0.1) is 0 Å². The molecule has 0 aromatic carbocycles. The van der Waals surface area contributed by atoms with E-state index in [1.807, 2.05) is 0 Å². The standard InChI is InChI=1S/C14H30N2O/c1-5-15-14(11-17)8-7-13(9-14)16(6-2)10-12(3)4/h12-13,15,17H,5-11H2,1-4H3. The molecule has 1 rings (SSSR count). The van der Waals surface area contributed by atoms with Crippen molar-refractivity contribution in [2.75, 3.05) is 26.2 Å². The smallest absolute Gasteiger partial charge is 0.0613 e. The molecule has 0 aromatic rings. The second-order valence-electron chi connectivity index (χ2n) is 5.85. The molecule has 102 valence electrons. The maximum absolute atomic E-state index is 9.62. The van der Waals surface area contributed by atoms with Gasteiger partial charge in [0.25, 0.3) is 0 Å². The Balaban J connectivity index is 2.57. The van der Waals surface area contributed by atoms with E-state index >= 15 is 0 Å². The van der Waals surface area contributed by atoms with Gasteiger partial charge in [-0.2, -0.15) is 0 Å². The summed E-state index contributed by atoms with van der Waals surface area (Å²) in [6.45, 7) is 12.4. The van der Waals surface area contributed by atoms with Gasteiger partial charge < -0.3 is 15.3 Å². The van der Waals surface area contributed by atoms with Crippen molar-refractivity contribution in [1.29, 1.82) is 0 Å². The molecular weight excluding hydrogens is 212 g/mol. The summed E-state index contributed by atoms with van der Waals surface area (Å²) >= 11 is 0. The molecule has 0 amide bonds.